The van der Waals surface area contributed by atoms with Gasteiger partial charge in [-0.05, 0) is 12.1 Å². The van der Waals surface area contributed by atoms with Gasteiger partial charge >= 0.3 is 6.18 Å². The van der Waals surface area contributed by atoms with E-state index in [1.54, 1.807) is 0 Å². The van der Waals surface area contributed by atoms with Gasteiger partial charge in [0.2, 0.25) is 5.95 Å². The number of nitrogens with two attached hydrogens (primary N) is 1. The fourth-order valence-corrected chi connectivity index (χ4v) is 2.88. The molecule has 0 amide bonds. The molecule has 3 rings (SSSR count). The molecule has 0 saturated heterocycles. The van der Waals surface area contributed by atoms with Crippen molar-refractivity contribution in [3.05, 3.63) is 41.5 Å². The molecule has 28 heavy (non-hydrogen) atoms. The van der Waals surface area contributed by atoms with E-state index in [1.807, 2.05) is 0 Å². The van der Waals surface area contributed by atoms with Crippen LogP contribution in [0, 0.1) is 5.82 Å². The van der Waals surface area contributed by atoms with Crippen molar-refractivity contribution in [2.24, 2.45) is 0 Å². The van der Waals surface area contributed by atoms with Crippen LogP contribution in [0.25, 0.3) is 16.9 Å². The summed E-state index contributed by atoms with van der Waals surface area (Å²) in [6.07, 6.45) is -4.24. The summed E-state index contributed by atoms with van der Waals surface area (Å²) < 4.78 is 82.0. The molecule has 0 bridgehead atoms. The Kier molecular flexibility index (Phi) is 4.97. The molecule has 0 atom stereocenters. The summed E-state index contributed by atoms with van der Waals surface area (Å²) in [4.78, 5) is 7.55. The molecule has 0 spiro atoms. The Hall–Kier alpha value is -2.80. The van der Waals surface area contributed by atoms with E-state index in [0.717, 1.165) is 18.4 Å². The van der Waals surface area contributed by atoms with Crippen LogP contribution in [0.15, 0.2) is 24.3 Å². The molecule has 0 fully saturated rings. The first-order valence-corrected chi connectivity index (χ1v) is 9.50. The maximum atomic E-state index is 13.8. The van der Waals surface area contributed by atoms with Crippen molar-refractivity contribution in [2.75, 3.05) is 18.6 Å². The lowest BCUT2D eigenvalue weighted by Gasteiger charge is -2.14. The lowest BCUT2D eigenvalue weighted by Crippen LogP contribution is -2.15. The largest absolute Gasteiger partial charge is 0.422 e. The molecule has 0 saturated carbocycles. The molecule has 2 aromatic heterocycles. The highest BCUT2D eigenvalue weighted by atomic mass is 32.2. The van der Waals surface area contributed by atoms with E-state index >= 15 is 0 Å². The molecule has 0 aliphatic rings. The molecule has 2 N–H and O–H groups in total. The second-order valence-electron chi connectivity index (χ2n) is 5.74. The molecule has 2 heterocycles. The lowest BCUT2D eigenvalue weighted by molar-refractivity contribution is -0.136. The van der Waals surface area contributed by atoms with Crippen molar-refractivity contribution in [1.29, 1.82) is 0 Å². The summed E-state index contributed by atoms with van der Waals surface area (Å²) in [6.45, 7) is -0.360. The van der Waals surface area contributed by atoms with Crippen molar-refractivity contribution in [2.45, 2.75) is 12.6 Å². The van der Waals surface area contributed by atoms with Gasteiger partial charge in [0, 0.05) is 12.0 Å². The maximum Gasteiger partial charge on any atom is 0.422 e. The first kappa shape index (κ1) is 19.9. The van der Waals surface area contributed by atoms with E-state index in [-0.39, 0.29) is 24.4 Å². The van der Waals surface area contributed by atoms with Crippen LogP contribution in [0.2, 0.25) is 0 Å². The Morgan fingerprint density at radius 3 is 2.57 bits per heavy atom. The van der Waals surface area contributed by atoms with Gasteiger partial charge in [-0.15, -0.1) is 5.10 Å². The molecule has 3 aromatic rings. The number of aromatic nitrogens is 4. The highest BCUT2D eigenvalue weighted by Gasteiger charge is 2.39. The Balaban J connectivity index is 2.15. The number of alkyl halides is 3. The van der Waals surface area contributed by atoms with Gasteiger partial charge in [0.05, 0.1) is 18.6 Å². The van der Waals surface area contributed by atoms with Crippen molar-refractivity contribution < 1.29 is 30.2 Å². The molecule has 0 unspecified atom stereocenters. The molecular weight excluding hydrogens is 406 g/mol. The van der Waals surface area contributed by atoms with E-state index in [0.29, 0.717) is 4.52 Å². The quantitative estimate of drug-likeness (QED) is 0.497. The Bertz CT molecular complexity index is 1140. The van der Waals surface area contributed by atoms with Gasteiger partial charge in [0.15, 0.2) is 11.5 Å². The summed E-state index contributed by atoms with van der Waals surface area (Å²) in [5, 5.41) is 3.83. The zero-order chi connectivity index (χ0) is 20.7. The number of fused-ring (bicyclic) bond motifs is 1. The highest BCUT2D eigenvalue weighted by Crippen LogP contribution is 2.39. The van der Waals surface area contributed by atoms with Crippen molar-refractivity contribution >= 4 is 21.7 Å². The van der Waals surface area contributed by atoms with Crippen LogP contribution in [0.4, 0.5) is 23.5 Å². The number of anilines is 1. The van der Waals surface area contributed by atoms with E-state index in [1.165, 1.54) is 12.1 Å². The maximum absolute atomic E-state index is 13.8. The van der Waals surface area contributed by atoms with E-state index in [2.05, 4.69) is 19.2 Å². The fraction of sp³-hybridized carbons (Fsp3) is 0.267. The minimum atomic E-state index is -4.89. The Labute approximate surface area is 156 Å². The number of nitrogen functional groups attached to an aromatic ring is 1. The summed E-state index contributed by atoms with van der Waals surface area (Å²) in [6, 6.07) is 4.47. The molecular formula is C15H13F4N5O3S. The average Bonchev–Trinajstić information content (AvgIpc) is 2.96. The van der Waals surface area contributed by atoms with Crippen LogP contribution in [0.1, 0.15) is 11.4 Å². The number of nitrogens with zero attached hydrogens (tertiary/aromatic N) is 4. The van der Waals surface area contributed by atoms with Gasteiger partial charge < -0.3 is 5.73 Å². The third-order valence-electron chi connectivity index (χ3n) is 3.56. The standard InChI is InChI=1S/C15H13F4N5O3S/c1-28(25,26)27-6-5-10-21-13-11(15(17,18)19)12(22-14(20)24(13)23-10)8-3-2-4-9(16)7-8/h2-4,7H,5-6H2,1H3,(H2,20,22). The van der Waals surface area contributed by atoms with Gasteiger partial charge in [0.1, 0.15) is 11.4 Å². The first-order valence-electron chi connectivity index (χ1n) is 7.68. The molecule has 8 nitrogen and oxygen atoms in total. The molecule has 13 heteroatoms. The van der Waals surface area contributed by atoms with Crippen LogP contribution in [-0.4, -0.2) is 40.9 Å². The minimum absolute atomic E-state index is 0.126. The van der Waals surface area contributed by atoms with Crippen LogP contribution in [-0.2, 0) is 26.9 Å². The van der Waals surface area contributed by atoms with Gasteiger partial charge in [-0.1, -0.05) is 12.1 Å². The first-order chi connectivity index (χ1) is 13.0. The zero-order valence-electron chi connectivity index (χ0n) is 14.2. The van der Waals surface area contributed by atoms with Crippen molar-refractivity contribution in [3.63, 3.8) is 0 Å². The van der Waals surface area contributed by atoms with E-state index in [4.69, 9.17) is 5.73 Å². The van der Waals surface area contributed by atoms with Crippen molar-refractivity contribution in [3.8, 4) is 11.3 Å². The molecule has 1 aromatic carbocycles. The molecule has 150 valence electrons. The predicted octanol–water partition coefficient (Wildman–Crippen LogP) is 2.05. The number of rotatable bonds is 5. The number of hydrogen-bond donors (Lipinski definition) is 1. The van der Waals surface area contributed by atoms with Crippen LogP contribution >= 0.6 is 0 Å². The average molecular weight is 419 g/mol. The summed E-state index contributed by atoms with van der Waals surface area (Å²) in [7, 11) is -3.73. The number of halogens is 4. The molecule has 0 radical (unpaired) electrons. The van der Waals surface area contributed by atoms with Gasteiger partial charge in [-0.2, -0.15) is 26.1 Å². The smallest absolute Gasteiger partial charge is 0.368 e. The predicted molar refractivity (Wildman–Crippen MR) is 90.1 cm³/mol. The zero-order valence-corrected chi connectivity index (χ0v) is 15.1. The second kappa shape index (κ2) is 6.98. The van der Waals surface area contributed by atoms with Crippen LogP contribution in [0.3, 0.4) is 0 Å². The lowest BCUT2D eigenvalue weighted by atomic mass is 10.1. The van der Waals surface area contributed by atoms with Crippen molar-refractivity contribution in [1.82, 2.24) is 19.6 Å². The third-order valence-corrected chi connectivity index (χ3v) is 4.15. The SMILES string of the molecule is CS(=O)(=O)OCCc1nc2c(C(F)(F)F)c(-c3cccc(F)c3)nc(N)n2n1. The second-order valence-corrected chi connectivity index (χ2v) is 7.39. The topological polar surface area (TPSA) is 112 Å². The monoisotopic (exact) mass is 419 g/mol. The van der Waals surface area contributed by atoms with Gasteiger partial charge in [-0.25, -0.2) is 14.4 Å². The van der Waals surface area contributed by atoms with E-state index in [9.17, 15) is 26.0 Å². The number of benzene rings is 1. The molecule has 0 aliphatic carbocycles. The number of hydrogen-bond acceptors (Lipinski definition) is 7. The highest BCUT2D eigenvalue weighted by molar-refractivity contribution is 7.85. The summed E-state index contributed by atoms with van der Waals surface area (Å²) >= 11 is 0. The summed E-state index contributed by atoms with van der Waals surface area (Å²) in [5.74, 6) is -1.27. The van der Waals surface area contributed by atoms with Gasteiger partial charge in [0.25, 0.3) is 10.1 Å². The van der Waals surface area contributed by atoms with Crippen LogP contribution < -0.4 is 5.73 Å². The van der Waals surface area contributed by atoms with Crippen LogP contribution in [0.5, 0.6) is 0 Å². The minimum Gasteiger partial charge on any atom is -0.368 e. The third kappa shape index (κ3) is 4.20. The van der Waals surface area contributed by atoms with E-state index < -0.39 is 45.0 Å². The normalized spacial score (nSPS) is 12.6. The molecule has 0 aliphatic heterocycles. The van der Waals surface area contributed by atoms with Gasteiger partial charge in [-0.3, -0.25) is 4.18 Å². The Morgan fingerprint density at radius 1 is 1.25 bits per heavy atom. The Morgan fingerprint density at radius 2 is 1.96 bits per heavy atom. The summed E-state index contributed by atoms with van der Waals surface area (Å²) in [5.41, 5.74) is 3.12. The fourth-order valence-electron chi connectivity index (χ4n) is 2.50.